The summed E-state index contributed by atoms with van der Waals surface area (Å²) >= 11 is 4.56. The smallest absolute Gasteiger partial charge is 0.309 e. The second-order valence-electron chi connectivity index (χ2n) is 4.39. The minimum absolute atomic E-state index is 0.0388. The fourth-order valence-electron chi connectivity index (χ4n) is 0.673. The molecule has 5 nitrogen and oxygen atoms in total. The van der Waals surface area contributed by atoms with Crippen LogP contribution in [0.15, 0.2) is 0 Å². The Balaban J connectivity index is 3.90. The molecule has 0 saturated carbocycles. The molecule has 2 amide bonds. The topological polar surface area (TPSA) is 84.2 Å². The van der Waals surface area contributed by atoms with Gasteiger partial charge in [0.15, 0.2) is 0 Å². The standard InChI is InChI=1S/C9H17N3O2S/c1-9(2,3)5-12-8(14)7(13)11-4-6(10)15/h4-5H2,1-3H3,(H2,10,15)(H,11,13)(H,12,14). The average molecular weight is 231 g/mol. The molecule has 0 unspecified atom stereocenters. The molecule has 0 spiro atoms. The van der Waals surface area contributed by atoms with Crippen molar-refractivity contribution in [2.45, 2.75) is 20.8 Å². The van der Waals surface area contributed by atoms with Gasteiger partial charge in [-0.25, -0.2) is 0 Å². The molecule has 0 bridgehead atoms. The van der Waals surface area contributed by atoms with Gasteiger partial charge in [0, 0.05) is 6.54 Å². The van der Waals surface area contributed by atoms with Crippen molar-refractivity contribution in [2.75, 3.05) is 13.1 Å². The second kappa shape index (κ2) is 5.65. The zero-order valence-corrected chi connectivity index (χ0v) is 10.0. The van der Waals surface area contributed by atoms with Gasteiger partial charge in [-0.3, -0.25) is 9.59 Å². The summed E-state index contributed by atoms with van der Waals surface area (Å²) in [7, 11) is 0. The number of carbonyl (C=O) groups excluding carboxylic acids is 2. The Labute approximate surface area is 94.8 Å². The van der Waals surface area contributed by atoms with Crippen LogP contribution in [0.3, 0.4) is 0 Å². The molecule has 86 valence electrons. The van der Waals surface area contributed by atoms with Crippen LogP contribution in [0.5, 0.6) is 0 Å². The molecule has 4 N–H and O–H groups in total. The molecular formula is C9H17N3O2S. The van der Waals surface area contributed by atoms with Crippen LogP contribution in [0.1, 0.15) is 20.8 Å². The van der Waals surface area contributed by atoms with Crippen molar-refractivity contribution < 1.29 is 9.59 Å². The van der Waals surface area contributed by atoms with Gasteiger partial charge in [0.1, 0.15) is 0 Å². The quantitative estimate of drug-likeness (QED) is 0.454. The van der Waals surface area contributed by atoms with Crippen molar-refractivity contribution in [3.05, 3.63) is 0 Å². The molecule has 0 radical (unpaired) electrons. The van der Waals surface area contributed by atoms with Crippen LogP contribution in [0.25, 0.3) is 0 Å². The van der Waals surface area contributed by atoms with Crippen molar-refractivity contribution in [3.8, 4) is 0 Å². The van der Waals surface area contributed by atoms with Crippen LogP contribution in [-0.2, 0) is 9.59 Å². The Hall–Kier alpha value is -1.17. The van der Waals surface area contributed by atoms with Gasteiger partial charge < -0.3 is 16.4 Å². The molecule has 0 fully saturated rings. The summed E-state index contributed by atoms with van der Waals surface area (Å²) < 4.78 is 0. The number of thiocarbonyl (C=S) groups is 1. The van der Waals surface area contributed by atoms with Crippen LogP contribution in [0.2, 0.25) is 0 Å². The third-order valence-corrected chi connectivity index (χ3v) is 1.55. The van der Waals surface area contributed by atoms with Crippen molar-refractivity contribution in [2.24, 2.45) is 11.1 Å². The Morgan fingerprint density at radius 3 is 2.07 bits per heavy atom. The predicted molar refractivity (Wildman–Crippen MR) is 62.3 cm³/mol. The lowest BCUT2D eigenvalue weighted by Crippen LogP contribution is -2.44. The van der Waals surface area contributed by atoms with E-state index in [0.29, 0.717) is 6.54 Å². The van der Waals surface area contributed by atoms with Crippen LogP contribution >= 0.6 is 12.2 Å². The third-order valence-electron chi connectivity index (χ3n) is 1.41. The fourth-order valence-corrected chi connectivity index (χ4v) is 0.746. The highest BCUT2D eigenvalue weighted by molar-refractivity contribution is 7.80. The highest BCUT2D eigenvalue weighted by Gasteiger charge is 2.16. The lowest BCUT2D eigenvalue weighted by molar-refractivity contribution is -0.139. The Bertz CT molecular complexity index is 271. The largest absolute Gasteiger partial charge is 0.392 e. The molecule has 0 saturated heterocycles. The molecule has 0 aliphatic rings. The van der Waals surface area contributed by atoms with Crippen molar-refractivity contribution in [3.63, 3.8) is 0 Å². The van der Waals surface area contributed by atoms with E-state index in [0.717, 1.165) is 0 Å². The molecule has 15 heavy (non-hydrogen) atoms. The summed E-state index contributed by atoms with van der Waals surface area (Å²) in [5.74, 6) is -1.38. The minimum Gasteiger partial charge on any atom is -0.392 e. The van der Waals surface area contributed by atoms with E-state index >= 15 is 0 Å². The number of nitrogens with two attached hydrogens (primary N) is 1. The minimum atomic E-state index is -0.716. The number of amides is 2. The van der Waals surface area contributed by atoms with Gasteiger partial charge in [0.05, 0.1) is 11.5 Å². The van der Waals surface area contributed by atoms with Gasteiger partial charge in [-0.1, -0.05) is 33.0 Å². The summed E-state index contributed by atoms with van der Waals surface area (Å²) in [6.45, 7) is 6.35. The first-order valence-electron chi connectivity index (χ1n) is 4.57. The van der Waals surface area contributed by atoms with Gasteiger partial charge in [0.25, 0.3) is 0 Å². The van der Waals surface area contributed by atoms with E-state index in [-0.39, 0.29) is 16.9 Å². The van der Waals surface area contributed by atoms with Crippen LogP contribution in [0.4, 0.5) is 0 Å². The number of rotatable bonds is 3. The van der Waals surface area contributed by atoms with Crippen LogP contribution < -0.4 is 16.4 Å². The van der Waals surface area contributed by atoms with Crippen molar-refractivity contribution in [1.29, 1.82) is 0 Å². The van der Waals surface area contributed by atoms with E-state index in [4.69, 9.17) is 5.73 Å². The lowest BCUT2D eigenvalue weighted by atomic mass is 9.97. The van der Waals surface area contributed by atoms with Gasteiger partial charge in [0.2, 0.25) is 0 Å². The van der Waals surface area contributed by atoms with Gasteiger partial charge >= 0.3 is 11.8 Å². The number of hydrogen-bond acceptors (Lipinski definition) is 3. The fraction of sp³-hybridized carbons (Fsp3) is 0.667. The summed E-state index contributed by atoms with van der Waals surface area (Å²) in [6.07, 6.45) is 0. The number of hydrogen-bond donors (Lipinski definition) is 3. The van der Waals surface area contributed by atoms with E-state index < -0.39 is 11.8 Å². The molecule has 0 aromatic carbocycles. The summed E-state index contributed by atoms with van der Waals surface area (Å²) in [5, 5.41) is 4.81. The maximum atomic E-state index is 11.2. The first kappa shape index (κ1) is 13.8. The maximum Gasteiger partial charge on any atom is 0.309 e. The van der Waals surface area contributed by atoms with Crippen LogP contribution in [-0.4, -0.2) is 29.9 Å². The zero-order chi connectivity index (χ0) is 12.1. The second-order valence-corrected chi connectivity index (χ2v) is 4.92. The van der Waals surface area contributed by atoms with Gasteiger partial charge in [-0.05, 0) is 5.41 Å². The molecule has 0 aliphatic heterocycles. The Kier molecular flexibility index (Phi) is 5.21. The van der Waals surface area contributed by atoms with E-state index in [1.54, 1.807) is 0 Å². The average Bonchev–Trinajstić information content (AvgIpc) is 2.08. The molecule has 0 heterocycles. The Morgan fingerprint density at radius 1 is 1.20 bits per heavy atom. The normalized spacial score (nSPS) is 10.6. The third kappa shape index (κ3) is 7.87. The molecule has 0 rings (SSSR count). The van der Waals surface area contributed by atoms with E-state index in [1.165, 1.54) is 0 Å². The first-order chi connectivity index (χ1) is 6.72. The maximum absolute atomic E-state index is 11.2. The highest BCUT2D eigenvalue weighted by Crippen LogP contribution is 2.09. The number of nitrogens with one attached hydrogen (secondary N) is 2. The van der Waals surface area contributed by atoms with Crippen molar-refractivity contribution in [1.82, 2.24) is 10.6 Å². The zero-order valence-electron chi connectivity index (χ0n) is 9.22. The summed E-state index contributed by atoms with van der Waals surface area (Å²) in [6, 6.07) is 0. The lowest BCUT2D eigenvalue weighted by Gasteiger charge is -2.18. The molecule has 0 aliphatic carbocycles. The molecule has 0 aromatic heterocycles. The Morgan fingerprint density at radius 2 is 1.67 bits per heavy atom. The molecular weight excluding hydrogens is 214 g/mol. The predicted octanol–water partition coefficient (Wildman–Crippen LogP) is -0.449. The summed E-state index contributed by atoms with van der Waals surface area (Å²) in [4.78, 5) is 22.5. The monoisotopic (exact) mass is 231 g/mol. The van der Waals surface area contributed by atoms with E-state index in [2.05, 4.69) is 22.9 Å². The van der Waals surface area contributed by atoms with Crippen molar-refractivity contribution >= 4 is 29.0 Å². The number of carbonyl (C=O) groups is 2. The van der Waals surface area contributed by atoms with Gasteiger partial charge in [-0.15, -0.1) is 0 Å². The SMILES string of the molecule is CC(C)(C)CNC(=O)C(=O)NCC(N)=S. The highest BCUT2D eigenvalue weighted by atomic mass is 32.1. The van der Waals surface area contributed by atoms with E-state index in [9.17, 15) is 9.59 Å². The molecule has 0 atom stereocenters. The molecule has 6 heteroatoms. The van der Waals surface area contributed by atoms with Crippen LogP contribution in [0, 0.1) is 5.41 Å². The first-order valence-corrected chi connectivity index (χ1v) is 4.97. The molecule has 0 aromatic rings. The summed E-state index contributed by atoms with van der Waals surface area (Å²) in [5.41, 5.74) is 5.11. The van der Waals surface area contributed by atoms with Gasteiger partial charge in [-0.2, -0.15) is 0 Å². The van der Waals surface area contributed by atoms with E-state index in [1.807, 2.05) is 20.8 Å².